The number of para-hydroxylation sites is 1. The molecule has 4 nitrogen and oxygen atoms in total. The van der Waals surface area contributed by atoms with Gasteiger partial charge in [0.2, 0.25) is 0 Å². The van der Waals surface area contributed by atoms with Crippen LogP contribution in [-0.4, -0.2) is 15.0 Å². The average Bonchev–Trinajstić information content (AvgIpc) is 3.54. The highest BCUT2D eigenvalue weighted by Crippen LogP contribution is 2.37. The van der Waals surface area contributed by atoms with E-state index in [9.17, 15) is 0 Å². The minimum absolute atomic E-state index is 0.606. The van der Waals surface area contributed by atoms with E-state index < -0.39 is 0 Å². The van der Waals surface area contributed by atoms with Crippen LogP contribution in [-0.2, 0) is 0 Å². The summed E-state index contributed by atoms with van der Waals surface area (Å²) in [5.74, 6) is 1.85. The first-order chi connectivity index (χ1) is 23.3. The fourth-order valence-corrected chi connectivity index (χ4v) is 6.36. The summed E-state index contributed by atoms with van der Waals surface area (Å²) in [6, 6.07) is 56.5. The van der Waals surface area contributed by atoms with Gasteiger partial charge in [-0.2, -0.15) is 0 Å². The van der Waals surface area contributed by atoms with E-state index in [1.807, 2.05) is 36.4 Å². The minimum atomic E-state index is 0.606. The van der Waals surface area contributed by atoms with Crippen molar-refractivity contribution in [3.63, 3.8) is 0 Å². The third kappa shape index (κ3) is 4.93. The van der Waals surface area contributed by atoms with Crippen LogP contribution in [0.1, 0.15) is 0 Å². The Hall–Kier alpha value is -6.39. The third-order valence-electron chi connectivity index (χ3n) is 8.73. The molecule has 0 aliphatic carbocycles. The maximum Gasteiger partial charge on any atom is 0.164 e. The van der Waals surface area contributed by atoms with E-state index in [-0.39, 0.29) is 0 Å². The van der Waals surface area contributed by atoms with Crippen LogP contribution >= 0.6 is 0 Å². The number of rotatable bonds is 5. The Morgan fingerprint density at radius 1 is 0.340 bits per heavy atom. The molecule has 47 heavy (non-hydrogen) atoms. The van der Waals surface area contributed by atoms with Crippen molar-refractivity contribution in [3.05, 3.63) is 164 Å². The molecule has 7 aromatic carbocycles. The molecule has 0 radical (unpaired) electrons. The molecule has 2 aromatic heterocycles. The molecular weight excluding hydrogens is 574 g/mol. The van der Waals surface area contributed by atoms with E-state index >= 15 is 0 Å². The predicted molar refractivity (Wildman–Crippen MR) is 192 cm³/mol. The highest BCUT2D eigenvalue weighted by atomic mass is 16.3. The molecule has 0 unspecified atom stereocenters. The lowest BCUT2D eigenvalue weighted by Crippen LogP contribution is -2.00. The lowest BCUT2D eigenvalue weighted by atomic mass is 9.98. The summed E-state index contributed by atoms with van der Waals surface area (Å²) in [6.45, 7) is 0. The second-order valence-corrected chi connectivity index (χ2v) is 11.7. The highest BCUT2D eigenvalue weighted by molar-refractivity contribution is 6.11. The number of fused-ring (bicyclic) bond motifs is 4. The number of furan rings is 1. The molecule has 9 aromatic rings. The number of nitrogens with zero attached hydrogens (tertiary/aromatic N) is 3. The fourth-order valence-electron chi connectivity index (χ4n) is 6.36. The predicted octanol–water partition coefficient (Wildman–Crippen LogP) is 11.3. The van der Waals surface area contributed by atoms with Gasteiger partial charge in [0.1, 0.15) is 11.2 Å². The van der Waals surface area contributed by atoms with Crippen molar-refractivity contribution in [2.24, 2.45) is 0 Å². The lowest BCUT2D eigenvalue weighted by molar-refractivity contribution is 0.669. The largest absolute Gasteiger partial charge is 0.456 e. The molecular formula is C43H27N3O. The van der Waals surface area contributed by atoms with E-state index in [0.29, 0.717) is 17.5 Å². The topological polar surface area (TPSA) is 51.8 Å². The lowest BCUT2D eigenvalue weighted by Gasteiger charge is -2.11. The Morgan fingerprint density at radius 2 is 0.915 bits per heavy atom. The van der Waals surface area contributed by atoms with Crippen molar-refractivity contribution < 1.29 is 4.42 Å². The van der Waals surface area contributed by atoms with E-state index in [1.54, 1.807) is 0 Å². The molecule has 0 N–H and O–H groups in total. The van der Waals surface area contributed by atoms with Gasteiger partial charge in [-0.1, -0.05) is 140 Å². The first kappa shape index (κ1) is 27.0. The standard InChI is InChI=1S/C43H27N3O/c1-2-10-28(11-3-1)33-14-8-15-34(26-33)30-20-23-31(24-21-30)41-44-42(35-25-22-29-12-4-5-13-32(29)27-35)46-43(45-41)37-17-9-19-39-40(37)36-16-6-7-18-38(36)47-39/h1-27H. The molecule has 0 saturated heterocycles. The molecule has 0 atom stereocenters. The van der Waals surface area contributed by atoms with Gasteiger partial charge in [-0.05, 0) is 57.3 Å². The van der Waals surface area contributed by atoms with Gasteiger partial charge in [-0.3, -0.25) is 0 Å². The molecule has 4 heteroatoms. The quantitative estimate of drug-likeness (QED) is 0.197. The summed E-state index contributed by atoms with van der Waals surface area (Å²) in [6.07, 6.45) is 0. The molecule has 0 spiro atoms. The van der Waals surface area contributed by atoms with Gasteiger partial charge in [0.25, 0.3) is 0 Å². The summed E-state index contributed by atoms with van der Waals surface area (Å²) < 4.78 is 6.21. The maximum atomic E-state index is 6.21. The first-order valence-corrected chi connectivity index (χ1v) is 15.7. The van der Waals surface area contributed by atoms with E-state index in [4.69, 9.17) is 19.4 Å². The van der Waals surface area contributed by atoms with Crippen molar-refractivity contribution in [2.75, 3.05) is 0 Å². The fraction of sp³-hybridized carbons (Fsp3) is 0. The summed E-state index contributed by atoms with van der Waals surface area (Å²) in [7, 11) is 0. The van der Waals surface area contributed by atoms with Crippen molar-refractivity contribution >= 4 is 32.7 Å². The molecule has 0 amide bonds. The summed E-state index contributed by atoms with van der Waals surface area (Å²) >= 11 is 0. The minimum Gasteiger partial charge on any atom is -0.456 e. The molecule has 0 saturated carbocycles. The van der Waals surface area contributed by atoms with Crippen LogP contribution in [0, 0.1) is 0 Å². The monoisotopic (exact) mass is 601 g/mol. The number of benzene rings is 7. The molecule has 2 heterocycles. The second-order valence-electron chi connectivity index (χ2n) is 11.7. The summed E-state index contributed by atoms with van der Waals surface area (Å²) in [5, 5.41) is 4.35. The van der Waals surface area contributed by atoms with Gasteiger partial charge in [0, 0.05) is 27.5 Å². The molecule has 0 aliphatic rings. The third-order valence-corrected chi connectivity index (χ3v) is 8.73. The van der Waals surface area contributed by atoms with Gasteiger partial charge in [0.05, 0.1) is 0 Å². The zero-order valence-electron chi connectivity index (χ0n) is 25.3. The van der Waals surface area contributed by atoms with Gasteiger partial charge < -0.3 is 4.42 Å². The number of aromatic nitrogens is 3. The highest BCUT2D eigenvalue weighted by Gasteiger charge is 2.18. The Balaban J connectivity index is 1.19. The number of hydrogen-bond donors (Lipinski definition) is 0. The van der Waals surface area contributed by atoms with Gasteiger partial charge >= 0.3 is 0 Å². The normalized spacial score (nSPS) is 11.4. The zero-order chi connectivity index (χ0) is 31.2. The van der Waals surface area contributed by atoms with Crippen LogP contribution in [0.15, 0.2) is 168 Å². The van der Waals surface area contributed by atoms with Crippen molar-refractivity contribution in [3.8, 4) is 56.4 Å². The molecule has 0 aliphatic heterocycles. The van der Waals surface area contributed by atoms with Gasteiger partial charge in [0.15, 0.2) is 17.5 Å². The second kappa shape index (κ2) is 11.2. The van der Waals surface area contributed by atoms with Crippen LogP contribution in [0.5, 0.6) is 0 Å². The molecule has 220 valence electrons. The van der Waals surface area contributed by atoms with E-state index in [1.165, 1.54) is 16.5 Å². The zero-order valence-corrected chi connectivity index (χ0v) is 25.3. The Labute approximate surface area is 271 Å². The number of hydrogen-bond acceptors (Lipinski definition) is 4. The summed E-state index contributed by atoms with van der Waals surface area (Å²) in [5.41, 5.74) is 9.09. The molecule has 9 rings (SSSR count). The first-order valence-electron chi connectivity index (χ1n) is 15.7. The molecule has 0 fully saturated rings. The Kier molecular flexibility index (Phi) is 6.43. The van der Waals surface area contributed by atoms with Crippen LogP contribution in [0.3, 0.4) is 0 Å². The van der Waals surface area contributed by atoms with E-state index in [0.717, 1.165) is 55.1 Å². The van der Waals surface area contributed by atoms with Crippen LogP contribution in [0.2, 0.25) is 0 Å². The van der Waals surface area contributed by atoms with Crippen LogP contribution in [0.25, 0.3) is 89.1 Å². The van der Waals surface area contributed by atoms with Gasteiger partial charge in [-0.15, -0.1) is 0 Å². The van der Waals surface area contributed by atoms with Crippen molar-refractivity contribution in [2.45, 2.75) is 0 Å². The van der Waals surface area contributed by atoms with Crippen molar-refractivity contribution in [1.29, 1.82) is 0 Å². The Bertz CT molecular complexity index is 2570. The van der Waals surface area contributed by atoms with E-state index in [2.05, 4.69) is 127 Å². The summed E-state index contributed by atoms with van der Waals surface area (Å²) in [4.78, 5) is 15.2. The van der Waals surface area contributed by atoms with Gasteiger partial charge in [-0.25, -0.2) is 15.0 Å². The average molecular weight is 602 g/mol. The Morgan fingerprint density at radius 3 is 1.74 bits per heavy atom. The van der Waals surface area contributed by atoms with Crippen LogP contribution < -0.4 is 0 Å². The maximum absolute atomic E-state index is 6.21. The van der Waals surface area contributed by atoms with Crippen LogP contribution in [0.4, 0.5) is 0 Å². The molecule has 0 bridgehead atoms. The smallest absolute Gasteiger partial charge is 0.164 e. The SMILES string of the molecule is c1ccc(-c2cccc(-c3ccc(-c4nc(-c5ccc6ccccc6c5)nc(-c5cccc6oc7ccccc7c56)n4)cc3)c2)cc1. The van der Waals surface area contributed by atoms with Crippen molar-refractivity contribution in [1.82, 2.24) is 15.0 Å².